The number of para-hydroxylation sites is 1. The molecule has 0 aliphatic rings. The zero-order chi connectivity index (χ0) is 12.1. The predicted octanol–water partition coefficient (Wildman–Crippen LogP) is 3.74. The third-order valence-corrected chi connectivity index (χ3v) is 2.57. The van der Waals surface area contributed by atoms with Crippen LogP contribution in [0.5, 0.6) is 0 Å². The van der Waals surface area contributed by atoms with E-state index in [1.54, 1.807) is 0 Å². The van der Waals surface area contributed by atoms with Crippen molar-refractivity contribution in [1.29, 1.82) is 0 Å². The van der Waals surface area contributed by atoms with E-state index in [0.717, 1.165) is 23.5 Å². The lowest BCUT2D eigenvalue weighted by molar-refractivity contribution is 1.27. The van der Waals surface area contributed by atoms with Crippen molar-refractivity contribution in [1.82, 2.24) is 0 Å². The molecule has 2 nitrogen and oxygen atoms in total. The molecule has 0 unspecified atom stereocenters. The molecule has 3 N–H and O–H groups in total. The zero-order valence-corrected chi connectivity index (χ0v) is 9.69. The zero-order valence-electron chi connectivity index (χ0n) is 9.69. The third-order valence-electron chi connectivity index (χ3n) is 2.57. The van der Waals surface area contributed by atoms with Crippen LogP contribution in [-0.4, -0.2) is 0 Å². The largest absolute Gasteiger partial charge is 0.399 e. The van der Waals surface area contributed by atoms with Gasteiger partial charge in [-0.05, 0) is 42.3 Å². The molecule has 0 heterocycles. The van der Waals surface area contributed by atoms with Crippen LogP contribution in [0.4, 0.5) is 17.1 Å². The quantitative estimate of drug-likeness (QED) is 0.613. The van der Waals surface area contributed by atoms with E-state index in [1.165, 1.54) is 5.56 Å². The summed E-state index contributed by atoms with van der Waals surface area (Å²) in [6.07, 6.45) is 2.77. The molecule has 0 saturated heterocycles. The summed E-state index contributed by atoms with van der Waals surface area (Å²) in [6.45, 7) is 3.77. The van der Waals surface area contributed by atoms with E-state index >= 15 is 0 Å². The Morgan fingerprint density at radius 2 is 1.76 bits per heavy atom. The van der Waals surface area contributed by atoms with Crippen molar-refractivity contribution < 1.29 is 0 Å². The molecule has 0 bridgehead atoms. The highest BCUT2D eigenvalue weighted by Crippen LogP contribution is 2.22. The van der Waals surface area contributed by atoms with E-state index in [9.17, 15) is 0 Å². The summed E-state index contributed by atoms with van der Waals surface area (Å²) in [5.74, 6) is 0. The number of nitrogens with two attached hydrogens (primary N) is 1. The second-order valence-electron chi connectivity index (χ2n) is 3.90. The lowest BCUT2D eigenvalue weighted by Gasteiger charge is -2.11. The maximum Gasteiger partial charge on any atom is 0.0419 e. The minimum absolute atomic E-state index is 0.773. The van der Waals surface area contributed by atoms with Gasteiger partial charge >= 0.3 is 0 Å². The van der Waals surface area contributed by atoms with E-state index in [2.05, 4.69) is 24.0 Å². The Bertz CT molecular complexity index is 501. The van der Waals surface area contributed by atoms with E-state index < -0.39 is 0 Å². The van der Waals surface area contributed by atoms with Crippen LogP contribution in [-0.2, 0) is 6.42 Å². The number of rotatable bonds is 4. The van der Waals surface area contributed by atoms with Gasteiger partial charge in [0.25, 0.3) is 0 Å². The number of nitrogen functional groups attached to an aromatic ring is 1. The lowest BCUT2D eigenvalue weighted by Crippen LogP contribution is -1.95. The highest BCUT2D eigenvalue weighted by molar-refractivity contribution is 5.64. The summed E-state index contributed by atoms with van der Waals surface area (Å²) in [5, 5.41) is 3.38. The molecular weight excluding hydrogens is 208 g/mol. The highest BCUT2D eigenvalue weighted by Gasteiger charge is 2.00. The second kappa shape index (κ2) is 5.21. The Morgan fingerprint density at radius 3 is 2.47 bits per heavy atom. The first kappa shape index (κ1) is 11.3. The van der Waals surface area contributed by atoms with Gasteiger partial charge in [-0.25, -0.2) is 0 Å². The number of hydrogen-bond acceptors (Lipinski definition) is 2. The van der Waals surface area contributed by atoms with E-state index in [4.69, 9.17) is 5.73 Å². The SMILES string of the molecule is C=CCc1ccccc1Nc1ccc(N)cc1. The first-order chi connectivity index (χ1) is 8.29. The van der Waals surface area contributed by atoms with Gasteiger partial charge in [0.05, 0.1) is 0 Å². The van der Waals surface area contributed by atoms with Crippen LogP contribution in [0.25, 0.3) is 0 Å². The summed E-state index contributed by atoms with van der Waals surface area (Å²) in [5.41, 5.74) is 9.81. The maximum atomic E-state index is 5.66. The summed E-state index contributed by atoms with van der Waals surface area (Å²) in [6, 6.07) is 15.9. The van der Waals surface area contributed by atoms with Crippen LogP contribution in [0.15, 0.2) is 61.2 Å². The minimum Gasteiger partial charge on any atom is -0.399 e. The Hall–Kier alpha value is -2.22. The molecule has 2 aromatic rings. The molecule has 0 saturated carbocycles. The van der Waals surface area contributed by atoms with Crippen LogP contribution < -0.4 is 11.1 Å². The number of anilines is 3. The van der Waals surface area contributed by atoms with Crippen LogP contribution >= 0.6 is 0 Å². The standard InChI is InChI=1S/C15H16N2/c1-2-5-12-6-3-4-7-15(12)17-14-10-8-13(16)9-11-14/h2-4,6-11,17H,1,5,16H2. The first-order valence-corrected chi connectivity index (χ1v) is 5.61. The van der Waals surface area contributed by atoms with Crippen LogP contribution in [0.1, 0.15) is 5.56 Å². The van der Waals surface area contributed by atoms with Crippen LogP contribution in [0.2, 0.25) is 0 Å². The first-order valence-electron chi connectivity index (χ1n) is 5.61. The monoisotopic (exact) mass is 224 g/mol. The summed E-state index contributed by atoms with van der Waals surface area (Å²) >= 11 is 0. The Labute approximate surface area is 102 Å². The van der Waals surface area contributed by atoms with Gasteiger partial charge < -0.3 is 11.1 Å². The molecule has 86 valence electrons. The van der Waals surface area contributed by atoms with Crippen molar-refractivity contribution in [3.63, 3.8) is 0 Å². The fourth-order valence-electron chi connectivity index (χ4n) is 1.70. The van der Waals surface area contributed by atoms with Gasteiger partial charge in [-0.1, -0.05) is 24.3 Å². The van der Waals surface area contributed by atoms with Gasteiger partial charge in [-0.2, -0.15) is 0 Å². The second-order valence-corrected chi connectivity index (χ2v) is 3.90. The minimum atomic E-state index is 0.773. The summed E-state index contributed by atoms with van der Waals surface area (Å²) in [7, 11) is 0. The van der Waals surface area contributed by atoms with Crippen molar-refractivity contribution in [2.45, 2.75) is 6.42 Å². The fraction of sp³-hybridized carbons (Fsp3) is 0.0667. The van der Waals surface area contributed by atoms with E-state index in [-0.39, 0.29) is 0 Å². The molecule has 0 radical (unpaired) electrons. The summed E-state index contributed by atoms with van der Waals surface area (Å²) < 4.78 is 0. The van der Waals surface area contributed by atoms with Gasteiger partial charge in [-0.15, -0.1) is 6.58 Å². The number of benzene rings is 2. The molecule has 0 aliphatic heterocycles. The average Bonchev–Trinajstić information content (AvgIpc) is 2.35. The number of nitrogens with one attached hydrogen (secondary N) is 1. The molecule has 2 aromatic carbocycles. The van der Waals surface area contributed by atoms with Gasteiger partial charge in [0.2, 0.25) is 0 Å². The topological polar surface area (TPSA) is 38.0 Å². The molecule has 0 spiro atoms. The maximum absolute atomic E-state index is 5.66. The van der Waals surface area contributed by atoms with Crippen molar-refractivity contribution in [2.24, 2.45) is 0 Å². The lowest BCUT2D eigenvalue weighted by atomic mass is 10.1. The van der Waals surface area contributed by atoms with Gasteiger partial charge in [0.1, 0.15) is 0 Å². The van der Waals surface area contributed by atoms with Crippen molar-refractivity contribution >= 4 is 17.1 Å². The number of allylic oxidation sites excluding steroid dienone is 1. The predicted molar refractivity (Wildman–Crippen MR) is 74.5 cm³/mol. The van der Waals surface area contributed by atoms with Crippen molar-refractivity contribution in [3.8, 4) is 0 Å². The van der Waals surface area contributed by atoms with Gasteiger partial charge in [-0.3, -0.25) is 0 Å². The molecule has 0 fully saturated rings. The molecule has 0 amide bonds. The molecule has 0 aromatic heterocycles. The van der Waals surface area contributed by atoms with Crippen LogP contribution in [0.3, 0.4) is 0 Å². The van der Waals surface area contributed by atoms with Crippen molar-refractivity contribution in [2.75, 3.05) is 11.1 Å². The van der Waals surface area contributed by atoms with Crippen LogP contribution in [0, 0.1) is 0 Å². The van der Waals surface area contributed by atoms with E-state index in [0.29, 0.717) is 0 Å². The molecule has 0 aliphatic carbocycles. The Balaban J connectivity index is 2.23. The number of hydrogen-bond donors (Lipinski definition) is 2. The fourth-order valence-corrected chi connectivity index (χ4v) is 1.70. The van der Waals surface area contributed by atoms with Crippen molar-refractivity contribution in [3.05, 3.63) is 66.7 Å². The Kier molecular flexibility index (Phi) is 3.46. The highest BCUT2D eigenvalue weighted by atomic mass is 14.9. The average molecular weight is 224 g/mol. The molecular formula is C15H16N2. The summed E-state index contributed by atoms with van der Waals surface area (Å²) in [4.78, 5) is 0. The normalized spacial score (nSPS) is 9.88. The smallest absolute Gasteiger partial charge is 0.0419 e. The molecule has 0 atom stereocenters. The third kappa shape index (κ3) is 2.88. The van der Waals surface area contributed by atoms with Gasteiger partial charge in [0.15, 0.2) is 0 Å². The molecule has 2 heteroatoms. The Morgan fingerprint density at radius 1 is 1.06 bits per heavy atom. The van der Waals surface area contributed by atoms with E-state index in [1.807, 2.05) is 42.5 Å². The van der Waals surface area contributed by atoms with Gasteiger partial charge in [0, 0.05) is 17.1 Å². The molecule has 2 rings (SSSR count). The molecule has 17 heavy (non-hydrogen) atoms.